The first-order chi connectivity index (χ1) is 8.65. The summed E-state index contributed by atoms with van der Waals surface area (Å²) >= 11 is 6.00. The number of benzene rings is 1. The molecule has 1 aromatic carbocycles. The topological polar surface area (TPSA) is 62.6 Å². The van der Waals surface area contributed by atoms with Gasteiger partial charge in [0.05, 0.1) is 24.1 Å². The van der Waals surface area contributed by atoms with E-state index < -0.39 is 6.09 Å². The van der Waals surface area contributed by atoms with Crippen LogP contribution in [0.15, 0.2) is 18.2 Å². The summed E-state index contributed by atoms with van der Waals surface area (Å²) in [7, 11) is 1.52. The third kappa shape index (κ3) is 2.34. The molecule has 0 saturated carbocycles. The van der Waals surface area contributed by atoms with Crippen molar-refractivity contribution >= 4 is 23.4 Å². The van der Waals surface area contributed by atoms with Crippen LogP contribution in [0.5, 0.6) is 5.75 Å². The van der Waals surface area contributed by atoms with E-state index in [-0.39, 0.29) is 12.5 Å². The highest BCUT2D eigenvalue weighted by Crippen LogP contribution is 2.30. The molecule has 0 spiro atoms. The minimum atomic E-state index is -0.470. The van der Waals surface area contributed by atoms with Crippen LogP contribution < -0.4 is 9.64 Å². The molecule has 1 aliphatic heterocycles. The van der Waals surface area contributed by atoms with E-state index in [2.05, 4.69) is 6.07 Å². The second-order valence-electron chi connectivity index (χ2n) is 3.83. The van der Waals surface area contributed by atoms with E-state index in [1.54, 1.807) is 18.2 Å². The van der Waals surface area contributed by atoms with Crippen molar-refractivity contribution in [1.29, 1.82) is 5.26 Å². The summed E-state index contributed by atoms with van der Waals surface area (Å²) in [6, 6.07) is 7.07. The van der Waals surface area contributed by atoms with Crippen LogP contribution in [-0.4, -0.2) is 26.4 Å². The number of halogens is 1. The van der Waals surface area contributed by atoms with Crippen LogP contribution in [0.3, 0.4) is 0 Å². The zero-order valence-corrected chi connectivity index (χ0v) is 10.5. The fourth-order valence-electron chi connectivity index (χ4n) is 1.71. The van der Waals surface area contributed by atoms with Crippen molar-refractivity contribution in [2.75, 3.05) is 25.2 Å². The Hall–Kier alpha value is -1.93. The van der Waals surface area contributed by atoms with Crippen molar-refractivity contribution < 1.29 is 14.3 Å². The molecule has 1 aromatic rings. The third-order valence-corrected chi connectivity index (χ3v) is 2.96. The Labute approximate surface area is 109 Å². The molecule has 6 heteroatoms. The van der Waals surface area contributed by atoms with Gasteiger partial charge in [0.2, 0.25) is 0 Å². The zero-order chi connectivity index (χ0) is 13.1. The molecule has 94 valence electrons. The summed E-state index contributed by atoms with van der Waals surface area (Å²) in [6.45, 7) is 0.438. The van der Waals surface area contributed by atoms with Gasteiger partial charge in [-0.25, -0.2) is 4.79 Å². The first kappa shape index (κ1) is 12.5. The largest absolute Gasteiger partial charge is 0.495 e. The summed E-state index contributed by atoms with van der Waals surface area (Å²) in [5.41, 5.74) is 0.589. The number of hydrogen-bond acceptors (Lipinski definition) is 4. The average Bonchev–Trinajstić information content (AvgIpc) is 2.39. The number of anilines is 1. The van der Waals surface area contributed by atoms with Crippen LogP contribution in [0, 0.1) is 17.2 Å². The Morgan fingerprint density at radius 3 is 3.00 bits per heavy atom. The Bertz CT molecular complexity index is 513. The van der Waals surface area contributed by atoms with Crippen LogP contribution in [0.25, 0.3) is 0 Å². The molecule has 0 N–H and O–H groups in total. The highest BCUT2D eigenvalue weighted by molar-refractivity contribution is 6.32. The number of rotatable bonds is 2. The minimum Gasteiger partial charge on any atom is -0.495 e. The Kier molecular flexibility index (Phi) is 3.58. The number of cyclic esters (lactones) is 1. The zero-order valence-electron chi connectivity index (χ0n) is 9.72. The fourth-order valence-corrected chi connectivity index (χ4v) is 1.96. The van der Waals surface area contributed by atoms with Gasteiger partial charge in [-0.3, -0.25) is 4.90 Å². The van der Waals surface area contributed by atoms with Crippen molar-refractivity contribution in [3.63, 3.8) is 0 Å². The summed E-state index contributed by atoms with van der Waals surface area (Å²) in [5, 5.41) is 9.27. The van der Waals surface area contributed by atoms with Gasteiger partial charge in [-0.1, -0.05) is 11.6 Å². The predicted octanol–water partition coefficient (Wildman–Crippen LogP) is 2.44. The maximum Gasteiger partial charge on any atom is 0.414 e. The monoisotopic (exact) mass is 266 g/mol. The van der Waals surface area contributed by atoms with Crippen molar-refractivity contribution in [3.05, 3.63) is 23.2 Å². The Balaban J connectivity index is 2.27. The summed E-state index contributed by atoms with van der Waals surface area (Å²) in [4.78, 5) is 13.0. The molecule has 0 radical (unpaired) electrons. The average molecular weight is 267 g/mol. The van der Waals surface area contributed by atoms with Crippen LogP contribution in [0.1, 0.15) is 0 Å². The van der Waals surface area contributed by atoms with E-state index in [1.807, 2.05) is 0 Å². The molecular weight excluding hydrogens is 256 g/mol. The van der Waals surface area contributed by atoms with Gasteiger partial charge in [0.15, 0.2) is 0 Å². The molecule has 0 aromatic heterocycles. The van der Waals surface area contributed by atoms with E-state index in [1.165, 1.54) is 12.0 Å². The lowest BCUT2D eigenvalue weighted by Crippen LogP contribution is -2.42. The lowest BCUT2D eigenvalue weighted by atomic mass is 10.1. The summed E-state index contributed by atoms with van der Waals surface area (Å²) in [6.07, 6.45) is -0.470. The molecule has 1 amide bonds. The van der Waals surface area contributed by atoms with Gasteiger partial charge in [-0.15, -0.1) is 0 Å². The van der Waals surface area contributed by atoms with Crippen LogP contribution in [0.4, 0.5) is 10.5 Å². The second kappa shape index (κ2) is 5.15. The second-order valence-corrected chi connectivity index (χ2v) is 4.24. The van der Waals surface area contributed by atoms with Crippen molar-refractivity contribution in [2.45, 2.75) is 0 Å². The first-order valence-corrected chi connectivity index (χ1v) is 5.71. The lowest BCUT2D eigenvalue weighted by molar-refractivity contribution is 0.127. The van der Waals surface area contributed by atoms with Gasteiger partial charge in [-0.2, -0.15) is 5.26 Å². The van der Waals surface area contributed by atoms with Gasteiger partial charge in [0.25, 0.3) is 0 Å². The Morgan fingerprint density at radius 1 is 1.61 bits per heavy atom. The van der Waals surface area contributed by atoms with E-state index in [0.717, 1.165) is 0 Å². The fraction of sp³-hybridized carbons (Fsp3) is 0.333. The van der Waals surface area contributed by atoms with Crippen LogP contribution in [0.2, 0.25) is 5.02 Å². The number of nitriles is 1. The lowest BCUT2D eigenvalue weighted by Gasteiger charge is -2.29. The minimum absolute atomic E-state index is 0.135. The number of carbonyl (C=O) groups is 1. The molecule has 2 rings (SSSR count). The molecule has 1 heterocycles. The molecule has 5 nitrogen and oxygen atoms in total. The Morgan fingerprint density at radius 2 is 2.39 bits per heavy atom. The van der Waals surface area contributed by atoms with Gasteiger partial charge in [-0.05, 0) is 18.2 Å². The quantitative estimate of drug-likeness (QED) is 0.825. The number of amides is 1. The maximum absolute atomic E-state index is 11.6. The van der Waals surface area contributed by atoms with E-state index >= 15 is 0 Å². The highest BCUT2D eigenvalue weighted by Gasteiger charge is 2.28. The van der Waals surface area contributed by atoms with Crippen molar-refractivity contribution in [1.82, 2.24) is 0 Å². The molecular formula is C12H11ClN2O3. The number of methoxy groups -OCH3 is 1. The van der Waals surface area contributed by atoms with Crippen LogP contribution >= 0.6 is 11.6 Å². The molecule has 1 unspecified atom stereocenters. The van der Waals surface area contributed by atoms with Gasteiger partial charge < -0.3 is 9.47 Å². The van der Waals surface area contributed by atoms with E-state index in [9.17, 15) is 4.79 Å². The predicted molar refractivity (Wildman–Crippen MR) is 65.8 cm³/mol. The number of ether oxygens (including phenoxy) is 2. The van der Waals surface area contributed by atoms with E-state index in [0.29, 0.717) is 23.0 Å². The molecule has 1 aliphatic rings. The molecule has 0 aliphatic carbocycles. The van der Waals surface area contributed by atoms with E-state index in [4.69, 9.17) is 26.3 Å². The third-order valence-electron chi connectivity index (χ3n) is 2.66. The maximum atomic E-state index is 11.6. The standard InChI is InChI=1S/C12H11ClN2O3/c1-17-11-3-2-9(4-10(11)13)15-6-8(5-14)7-18-12(15)16/h2-4,8H,6-7H2,1H3. The van der Waals surface area contributed by atoms with Gasteiger partial charge in [0.1, 0.15) is 12.4 Å². The van der Waals surface area contributed by atoms with Crippen molar-refractivity contribution in [2.24, 2.45) is 5.92 Å². The molecule has 18 heavy (non-hydrogen) atoms. The van der Waals surface area contributed by atoms with Gasteiger partial charge in [0, 0.05) is 12.2 Å². The first-order valence-electron chi connectivity index (χ1n) is 5.33. The molecule has 1 fully saturated rings. The molecule has 0 bridgehead atoms. The molecule has 1 saturated heterocycles. The van der Waals surface area contributed by atoms with Gasteiger partial charge >= 0.3 is 6.09 Å². The number of hydrogen-bond donors (Lipinski definition) is 0. The molecule has 1 atom stereocenters. The summed E-state index contributed by atoms with van der Waals surface area (Å²) in [5.74, 6) is 0.200. The highest BCUT2D eigenvalue weighted by atomic mass is 35.5. The van der Waals surface area contributed by atoms with Crippen LogP contribution in [-0.2, 0) is 4.74 Å². The smallest absolute Gasteiger partial charge is 0.414 e. The number of nitrogens with zero attached hydrogens (tertiary/aromatic N) is 2. The SMILES string of the molecule is COc1ccc(N2CC(C#N)COC2=O)cc1Cl. The number of carbonyl (C=O) groups excluding carboxylic acids is 1. The van der Waals surface area contributed by atoms with Crippen molar-refractivity contribution in [3.8, 4) is 11.8 Å². The summed E-state index contributed by atoms with van der Waals surface area (Å²) < 4.78 is 9.97. The normalized spacial score (nSPS) is 19.1.